The molecule has 96 valence electrons. The molecule has 0 saturated carbocycles. The molecular formula is C16H15NO2. The Morgan fingerprint density at radius 2 is 1.58 bits per heavy atom. The van der Waals surface area contributed by atoms with Crippen molar-refractivity contribution in [3.63, 3.8) is 0 Å². The Balaban J connectivity index is 2.35. The predicted octanol–water partition coefficient (Wildman–Crippen LogP) is 3.69. The van der Waals surface area contributed by atoms with Crippen molar-refractivity contribution in [3.05, 3.63) is 65.7 Å². The first kappa shape index (κ1) is 13.0. The van der Waals surface area contributed by atoms with E-state index < -0.39 is 0 Å². The zero-order valence-corrected chi connectivity index (χ0v) is 11.0. The zero-order valence-electron chi connectivity index (χ0n) is 11.0. The van der Waals surface area contributed by atoms with Gasteiger partial charge >= 0.3 is 0 Å². The molecule has 0 amide bonds. The van der Waals surface area contributed by atoms with E-state index in [0.717, 1.165) is 5.71 Å². The van der Waals surface area contributed by atoms with E-state index in [1.807, 2.05) is 44.2 Å². The van der Waals surface area contributed by atoms with Gasteiger partial charge in [0, 0.05) is 5.56 Å². The van der Waals surface area contributed by atoms with E-state index in [9.17, 15) is 4.79 Å². The number of nitrogens with zero attached hydrogens (tertiary/aromatic N) is 1. The Kier molecular flexibility index (Phi) is 4.08. The van der Waals surface area contributed by atoms with Gasteiger partial charge in [0.05, 0.1) is 11.3 Å². The van der Waals surface area contributed by atoms with Crippen molar-refractivity contribution >= 4 is 11.5 Å². The summed E-state index contributed by atoms with van der Waals surface area (Å²) in [6, 6.07) is 16.2. The van der Waals surface area contributed by atoms with Crippen molar-refractivity contribution in [2.75, 3.05) is 0 Å². The molecule has 2 aromatic rings. The number of rotatable bonds is 4. The molecule has 0 atom stereocenters. The Hall–Kier alpha value is -2.42. The van der Waals surface area contributed by atoms with Crippen molar-refractivity contribution in [1.29, 1.82) is 0 Å². The van der Waals surface area contributed by atoms with Crippen molar-refractivity contribution < 1.29 is 9.63 Å². The third kappa shape index (κ3) is 3.28. The van der Waals surface area contributed by atoms with Crippen LogP contribution in [0.3, 0.4) is 0 Å². The Morgan fingerprint density at radius 3 is 2.26 bits per heavy atom. The van der Waals surface area contributed by atoms with E-state index in [1.54, 1.807) is 24.3 Å². The second-order valence-electron chi connectivity index (χ2n) is 4.32. The minimum Gasteiger partial charge on any atom is -0.356 e. The first-order chi connectivity index (χ1) is 9.18. The van der Waals surface area contributed by atoms with Crippen LogP contribution in [-0.4, -0.2) is 11.5 Å². The van der Waals surface area contributed by atoms with E-state index in [0.29, 0.717) is 16.9 Å². The summed E-state index contributed by atoms with van der Waals surface area (Å²) >= 11 is 0. The molecule has 0 aromatic heterocycles. The molecule has 3 nitrogen and oxygen atoms in total. The minimum atomic E-state index is -0.0693. The summed E-state index contributed by atoms with van der Waals surface area (Å²) in [5.41, 5.74) is 1.94. The number of hydrogen-bond acceptors (Lipinski definition) is 3. The van der Waals surface area contributed by atoms with Gasteiger partial charge in [0.2, 0.25) is 0 Å². The normalized spacial score (nSPS) is 9.79. The molecule has 19 heavy (non-hydrogen) atoms. The van der Waals surface area contributed by atoms with Crippen molar-refractivity contribution in [2.24, 2.45) is 5.16 Å². The number of carbonyl (C=O) groups excluding carboxylic acids is 1. The van der Waals surface area contributed by atoms with Gasteiger partial charge in [-0.15, -0.1) is 0 Å². The lowest BCUT2D eigenvalue weighted by Crippen LogP contribution is -2.03. The smallest absolute Gasteiger partial charge is 0.196 e. The van der Waals surface area contributed by atoms with Crippen LogP contribution in [0, 0.1) is 0 Å². The summed E-state index contributed by atoms with van der Waals surface area (Å²) in [6.45, 7) is 3.67. The highest BCUT2D eigenvalue weighted by atomic mass is 16.6. The Labute approximate surface area is 112 Å². The average Bonchev–Trinajstić information content (AvgIpc) is 2.45. The number of benzene rings is 2. The molecule has 0 unspecified atom stereocenters. The summed E-state index contributed by atoms with van der Waals surface area (Å²) in [4.78, 5) is 17.7. The summed E-state index contributed by atoms with van der Waals surface area (Å²) in [7, 11) is 0. The highest BCUT2D eigenvalue weighted by molar-refractivity contribution is 6.10. The molecule has 0 N–H and O–H groups in total. The van der Waals surface area contributed by atoms with Crippen molar-refractivity contribution in [1.82, 2.24) is 0 Å². The second-order valence-corrected chi connectivity index (χ2v) is 4.32. The van der Waals surface area contributed by atoms with E-state index in [2.05, 4.69) is 5.16 Å². The fourth-order valence-corrected chi connectivity index (χ4v) is 1.62. The number of para-hydroxylation sites is 1. The number of hydrogen-bond donors (Lipinski definition) is 0. The fraction of sp³-hybridized carbons (Fsp3) is 0.125. The van der Waals surface area contributed by atoms with E-state index >= 15 is 0 Å². The van der Waals surface area contributed by atoms with Gasteiger partial charge < -0.3 is 4.84 Å². The number of oxime groups is 1. The van der Waals surface area contributed by atoms with Crippen LogP contribution in [0.4, 0.5) is 0 Å². The Morgan fingerprint density at radius 1 is 0.947 bits per heavy atom. The average molecular weight is 253 g/mol. The minimum absolute atomic E-state index is 0.0693. The molecule has 3 heteroatoms. The van der Waals surface area contributed by atoms with Crippen LogP contribution in [0.1, 0.15) is 29.8 Å². The third-order valence-corrected chi connectivity index (χ3v) is 2.49. The third-order valence-electron chi connectivity index (χ3n) is 2.49. The fourth-order valence-electron chi connectivity index (χ4n) is 1.62. The molecule has 0 radical (unpaired) electrons. The Bertz CT molecular complexity index is 599. The number of carbonyl (C=O) groups is 1. The topological polar surface area (TPSA) is 38.7 Å². The largest absolute Gasteiger partial charge is 0.356 e. The van der Waals surface area contributed by atoms with Gasteiger partial charge in [0.15, 0.2) is 11.5 Å². The lowest BCUT2D eigenvalue weighted by Gasteiger charge is -2.06. The van der Waals surface area contributed by atoms with Gasteiger partial charge in [0.1, 0.15) is 0 Å². The van der Waals surface area contributed by atoms with Crippen LogP contribution in [0.2, 0.25) is 0 Å². The van der Waals surface area contributed by atoms with Gasteiger partial charge in [-0.05, 0) is 26.0 Å². The molecule has 0 aliphatic rings. The summed E-state index contributed by atoms with van der Waals surface area (Å²) in [5.74, 6) is 0.401. The summed E-state index contributed by atoms with van der Waals surface area (Å²) < 4.78 is 0. The second kappa shape index (κ2) is 5.96. The molecule has 0 aliphatic heterocycles. The number of ketones is 1. The van der Waals surface area contributed by atoms with Gasteiger partial charge in [-0.2, -0.15) is 0 Å². The zero-order chi connectivity index (χ0) is 13.7. The lowest BCUT2D eigenvalue weighted by molar-refractivity contribution is 0.103. The van der Waals surface area contributed by atoms with Gasteiger partial charge in [-0.25, -0.2) is 0 Å². The van der Waals surface area contributed by atoms with E-state index in [4.69, 9.17) is 4.84 Å². The maximum Gasteiger partial charge on any atom is 0.196 e. The standard InChI is InChI=1S/C16H15NO2/c1-12(2)17-19-15-11-7-6-10-14(15)16(18)13-8-4-3-5-9-13/h3-11H,1-2H3. The molecule has 0 aliphatic carbocycles. The van der Waals surface area contributed by atoms with Crippen LogP contribution in [0.15, 0.2) is 59.8 Å². The van der Waals surface area contributed by atoms with E-state index in [1.165, 1.54) is 0 Å². The van der Waals surface area contributed by atoms with Gasteiger partial charge in [0.25, 0.3) is 0 Å². The maximum atomic E-state index is 12.4. The van der Waals surface area contributed by atoms with Crippen LogP contribution in [-0.2, 0) is 0 Å². The van der Waals surface area contributed by atoms with E-state index in [-0.39, 0.29) is 5.78 Å². The van der Waals surface area contributed by atoms with Gasteiger partial charge in [-0.3, -0.25) is 4.79 Å². The first-order valence-corrected chi connectivity index (χ1v) is 6.05. The van der Waals surface area contributed by atoms with Crippen LogP contribution in [0.5, 0.6) is 5.75 Å². The summed E-state index contributed by atoms with van der Waals surface area (Å²) in [6.07, 6.45) is 0. The molecule has 2 aromatic carbocycles. The molecule has 2 rings (SSSR count). The molecule has 0 saturated heterocycles. The van der Waals surface area contributed by atoms with Crippen molar-refractivity contribution in [3.8, 4) is 5.75 Å². The van der Waals surface area contributed by atoms with Crippen LogP contribution in [0.25, 0.3) is 0 Å². The quantitative estimate of drug-likeness (QED) is 0.473. The first-order valence-electron chi connectivity index (χ1n) is 6.05. The highest BCUT2D eigenvalue weighted by Gasteiger charge is 2.14. The van der Waals surface area contributed by atoms with Crippen molar-refractivity contribution in [2.45, 2.75) is 13.8 Å². The summed E-state index contributed by atoms with van der Waals surface area (Å²) in [5, 5.41) is 3.90. The lowest BCUT2D eigenvalue weighted by atomic mass is 10.0. The molecule has 0 bridgehead atoms. The monoisotopic (exact) mass is 253 g/mol. The molecule has 0 heterocycles. The van der Waals surface area contributed by atoms with Crippen LogP contribution >= 0.6 is 0 Å². The SMILES string of the molecule is CC(C)=NOc1ccccc1C(=O)c1ccccc1. The van der Waals surface area contributed by atoms with Gasteiger partial charge in [-0.1, -0.05) is 47.6 Å². The highest BCUT2D eigenvalue weighted by Crippen LogP contribution is 2.21. The maximum absolute atomic E-state index is 12.4. The molecule has 0 spiro atoms. The molecular weight excluding hydrogens is 238 g/mol. The molecule has 0 fully saturated rings. The predicted molar refractivity (Wildman–Crippen MR) is 75.7 cm³/mol. The van der Waals surface area contributed by atoms with Crippen LogP contribution < -0.4 is 4.84 Å².